The highest BCUT2D eigenvalue weighted by molar-refractivity contribution is 14.1. The van der Waals surface area contributed by atoms with Crippen molar-refractivity contribution in [2.24, 2.45) is 0 Å². The third-order valence-corrected chi connectivity index (χ3v) is 4.62. The van der Waals surface area contributed by atoms with Crippen LogP contribution in [0.1, 0.15) is 30.1 Å². The summed E-state index contributed by atoms with van der Waals surface area (Å²) in [6.45, 7) is 2.76. The van der Waals surface area contributed by atoms with Crippen LogP contribution in [0.15, 0.2) is 18.2 Å². The number of hydrogen-bond donors (Lipinski definition) is 1. The number of rotatable bonds is 5. The lowest BCUT2D eigenvalue weighted by molar-refractivity contribution is 0.0953. The van der Waals surface area contributed by atoms with Crippen LogP contribution in [0.3, 0.4) is 0 Å². The summed E-state index contributed by atoms with van der Waals surface area (Å²) in [5.74, 6) is -0.0798. The van der Waals surface area contributed by atoms with E-state index < -0.39 is 0 Å². The third-order valence-electron chi connectivity index (χ3n) is 2.27. The lowest BCUT2D eigenvalue weighted by Gasteiger charge is -2.10. The molecule has 0 heterocycles. The van der Waals surface area contributed by atoms with Gasteiger partial charge in [-0.3, -0.25) is 4.79 Å². The predicted octanol–water partition coefficient (Wildman–Crippen LogP) is 4.24. The number of carbonyl (C=O) groups is 1. The zero-order valence-electron chi connectivity index (χ0n) is 9.47. The highest BCUT2D eigenvalue weighted by Gasteiger charge is 2.09. The van der Waals surface area contributed by atoms with Crippen molar-refractivity contribution in [1.29, 1.82) is 0 Å². The molecule has 0 radical (unpaired) electrons. The Morgan fingerprint density at radius 3 is 2.88 bits per heavy atom. The zero-order chi connectivity index (χ0) is 12.8. The first-order chi connectivity index (χ1) is 8.04. The Labute approximate surface area is 129 Å². The SMILES string of the molecule is CCCC(Br)CNC(=O)c1ccc(I)c(Cl)c1. The predicted molar refractivity (Wildman–Crippen MR) is 84.1 cm³/mol. The van der Waals surface area contributed by atoms with Gasteiger partial charge in [0.05, 0.1) is 5.02 Å². The molecule has 0 saturated heterocycles. The molecule has 0 aliphatic carbocycles. The molecule has 1 aromatic carbocycles. The minimum Gasteiger partial charge on any atom is -0.351 e. The summed E-state index contributed by atoms with van der Waals surface area (Å²) in [5.41, 5.74) is 0.603. The van der Waals surface area contributed by atoms with Gasteiger partial charge in [-0.15, -0.1) is 0 Å². The van der Waals surface area contributed by atoms with Gasteiger partial charge in [0.2, 0.25) is 0 Å². The summed E-state index contributed by atoms with van der Waals surface area (Å²) in [6.07, 6.45) is 2.15. The molecule has 0 bridgehead atoms. The molecule has 1 amide bonds. The van der Waals surface area contributed by atoms with Gasteiger partial charge < -0.3 is 5.32 Å². The van der Waals surface area contributed by atoms with Crippen molar-refractivity contribution >= 4 is 56.0 Å². The second-order valence-corrected chi connectivity index (χ2v) is 6.59. The fourth-order valence-corrected chi connectivity index (χ4v) is 2.49. The Balaban J connectivity index is 2.55. The number of amides is 1. The van der Waals surface area contributed by atoms with E-state index in [0.717, 1.165) is 16.4 Å². The van der Waals surface area contributed by atoms with E-state index in [2.05, 4.69) is 50.8 Å². The molecular weight excluding hydrogens is 416 g/mol. The van der Waals surface area contributed by atoms with Gasteiger partial charge in [-0.1, -0.05) is 40.9 Å². The lowest BCUT2D eigenvalue weighted by Crippen LogP contribution is -2.29. The van der Waals surface area contributed by atoms with Crippen LogP contribution < -0.4 is 5.32 Å². The van der Waals surface area contributed by atoms with Gasteiger partial charge in [-0.25, -0.2) is 0 Å². The van der Waals surface area contributed by atoms with Gasteiger partial charge in [0.1, 0.15) is 0 Å². The van der Waals surface area contributed by atoms with Crippen LogP contribution in [-0.2, 0) is 0 Å². The second-order valence-electron chi connectivity index (χ2n) is 3.72. The summed E-state index contributed by atoms with van der Waals surface area (Å²) < 4.78 is 0.949. The minimum absolute atomic E-state index is 0.0798. The molecule has 1 atom stereocenters. The molecule has 1 aromatic rings. The van der Waals surface area contributed by atoms with Crippen LogP contribution in [0, 0.1) is 3.57 Å². The molecule has 0 spiro atoms. The largest absolute Gasteiger partial charge is 0.351 e. The Morgan fingerprint density at radius 2 is 2.29 bits per heavy atom. The van der Waals surface area contributed by atoms with E-state index in [0.29, 0.717) is 22.0 Å². The maximum Gasteiger partial charge on any atom is 0.251 e. The fourth-order valence-electron chi connectivity index (χ4n) is 1.36. The number of benzene rings is 1. The molecule has 2 nitrogen and oxygen atoms in total. The van der Waals surface area contributed by atoms with Crippen molar-refractivity contribution < 1.29 is 4.79 Å². The Bertz CT molecular complexity index is 400. The Hall–Kier alpha value is 0.190. The first-order valence-corrected chi connectivity index (χ1v) is 7.79. The molecular formula is C12H14BrClINO. The van der Waals surface area contributed by atoms with Crippen LogP contribution in [-0.4, -0.2) is 17.3 Å². The fraction of sp³-hybridized carbons (Fsp3) is 0.417. The average Bonchev–Trinajstić information content (AvgIpc) is 2.30. The van der Waals surface area contributed by atoms with Crippen LogP contribution in [0.25, 0.3) is 0 Å². The van der Waals surface area contributed by atoms with Crippen molar-refractivity contribution in [1.82, 2.24) is 5.32 Å². The van der Waals surface area contributed by atoms with Crippen LogP contribution in [0.5, 0.6) is 0 Å². The van der Waals surface area contributed by atoms with E-state index >= 15 is 0 Å². The molecule has 5 heteroatoms. The van der Waals surface area contributed by atoms with Crippen molar-refractivity contribution in [2.75, 3.05) is 6.54 Å². The summed E-state index contributed by atoms with van der Waals surface area (Å²) in [4.78, 5) is 12.2. The summed E-state index contributed by atoms with van der Waals surface area (Å²) >= 11 is 11.6. The van der Waals surface area contributed by atoms with Crippen molar-refractivity contribution in [2.45, 2.75) is 24.6 Å². The monoisotopic (exact) mass is 429 g/mol. The first kappa shape index (κ1) is 15.2. The van der Waals surface area contributed by atoms with Crippen molar-refractivity contribution in [3.63, 3.8) is 0 Å². The number of nitrogens with one attached hydrogen (secondary N) is 1. The molecule has 0 saturated carbocycles. The smallest absolute Gasteiger partial charge is 0.251 e. The second kappa shape index (κ2) is 7.59. The first-order valence-electron chi connectivity index (χ1n) is 5.42. The Morgan fingerprint density at radius 1 is 1.59 bits per heavy atom. The maximum absolute atomic E-state index is 11.8. The van der Waals surface area contributed by atoms with E-state index in [1.165, 1.54) is 0 Å². The summed E-state index contributed by atoms with van der Waals surface area (Å²) in [7, 11) is 0. The maximum atomic E-state index is 11.8. The van der Waals surface area contributed by atoms with Crippen molar-refractivity contribution in [3.05, 3.63) is 32.4 Å². The van der Waals surface area contributed by atoms with E-state index in [1.54, 1.807) is 12.1 Å². The molecule has 1 rings (SSSR count). The van der Waals surface area contributed by atoms with Gasteiger partial charge >= 0.3 is 0 Å². The summed E-state index contributed by atoms with van der Waals surface area (Å²) in [5, 5.41) is 3.50. The van der Waals surface area contributed by atoms with Crippen LogP contribution in [0.4, 0.5) is 0 Å². The molecule has 0 aliphatic heterocycles. The van der Waals surface area contributed by atoms with Gasteiger partial charge in [-0.2, -0.15) is 0 Å². The van der Waals surface area contributed by atoms with E-state index in [1.807, 2.05) is 6.07 Å². The van der Waals surface area contributed by atoms with Crippen LogP contribution >= 0.6 is 50.1 Å². The van der Waals surface area contributed by atoms with E-state index in [-0.39, 0.29) is 5.91 Å². The van der Waals surface area contributed by atoms with Crippen LogP contribution in [0.2, 0.25) is 5.02 Å². The van der Waals surface area contributed by atoms with Gasteiger partial charge in [0.15, 0.2) is 0 Å². The van der Waals surface area contributed by atoms with E-state index in [4.69, 9.17) is 11.6 Å². The van der Waals surface area contributed by atoms with Crippen molar-refractivity contribution in [3.8, 4) is 0 Å². The molecule has 0 fully saturated rings. The quantitative estimate of drug-likeness (QED) is 0.550. The zero-order valence-corrected chi connectivity index (χ0v) is 14.0. The molecule has 17 heavy (non-hydrogen) atoms. The number of alkyl halides is 1. The Kier molecular flexibility index (Phi) is 6.80. The van der Waals surface area contributed by atoms with Gasteiger partial charge in [0, 0.05) is 20.5 Å². The lowest BCUT2D eigenvalue weighted by atomic mass is 10.2. The number of halogens is 3. The highest BCUT2D eigenvalue weighted by atomic mass is 127. The molecule has 1 unspecified atom stereocenters. The molecule has 0 aromatic heterocycles. The molecule has 94 valence electrons. The molecule has 1 N–H and O–H groups in total. The molecule has 0 aliphatic rings. The third kappa shape index (κ3) is 5.14. The van der Waals surface area contributed by atoms with Gasteiger partial charge in [-0.05, 0) is 47.2 Å². The topological polar surface area (TPSA) is 29.1 Å². The number of hydrogen-bond acceptors (Lipinski definition) is 1. The average molecular weight is 431 g/mol. The minimum atomic E-state index is -0.0798. The number of carbonyl (C=O) groups excluding carboxylic acids is 1. The normalized spacial score (nSPS) is 12.2. The standard InChI is InChI=1S/C12H14BrClINO/c1-2-3-9(13)7-16-12(17)8-4-5-11(15)10(14)6-8/h4-6,9H,2-3,7H2,1H3,(H,16,17). The van der Waals surface area contributed by atoms with Gasteiger partial charge in [0.25, 0.3) is 5.91 Å². The van der Waals surface area contributed by atoms with E-state index in [9.17, 15) is 4.79 Å². The summed E-state index contributed by atoms with van der Waals surface area (Å²) in [6, 6.07) is 5.32. The highest BCUT2D eigenvalue weighted by Crippen LogP contribution is 2.19.